The molecule has 1 heterocycles. The topological polar surface area (TPSA) is 6.48 Å². The smallest absolute Gasteiger partial charge is 0.180 e. The molecule has 0 bridgehead atoms. The van der Waals surface area contributed by atoms with E-state index in [0.717, 1.165) is 184 Å². The Kier molecular flexibility index (Phi) is 20.5. The standard InChI is InChI=1S/C128H87F3N2Si/c1-4-85-31-37-88(38-32-85)90-41-55-101(56-42-90)127(100-53-35-87(6-3)36-54-100)121-29-15-13-27-115(121)117-75-71-111(83-123(117)127)132(107-67-49-94(50-68-107)98-21-17-19-96(79-98)92-45-61-104(129)62-46-92)109-73-77-125-119(81-109)120-82-110(74-78-126(120)134(125,113-23-9-7-10-24-113)114-25-11-8-12-26-114)133(108-69-51-95(52-70-108)99-22-18-20-97(80-99)93-47-63-105(130)64-48-93)112-72-76-118-116-28-14-16-30-122(116)128(124(118)84-112,103-59-65-106(131)66-60-103)102-57-43-91(44-58-102)89-39-33-86(5-2)34-40-89/h4-84H,1-3H2. The van der Waals surface area contributed by atoms with Crippen LogP contribution in [0.25, 0.3) is 118 Å². The largest absolute Gasteiger partial charge is 0.310 e. The molecule has 20 aromatic rings. The second kappa shape index (κ2) is 33.6. The zero-order valence-corrected chi connectivity index (χ0v) is 74.4. The number of hydrogen-bond acceptors (Lipinski definition) is 2. The van der Waals surface area contributed by atoms with Gasteiger partial charge >= 0.3 is 0 Å². The second-order valence-corrected chi connectivity index (χ2v) is 38.8. The molecule has 23 rings (SSSR count). The number of halogens is 3. The molecule has 20 aromatic carbocycles. The molecule has 0 fully saturated rings. The van der Waals surface area contributed by atoms with Gasteiger partial charge in [-0.25, -0.2) is 13.2 Å². The molecule has 0 radical (unpaired) electrons. The van der Waals surface area contributed by atoms with Gasteiger partial charge in [-0.3, -0.25) is 0 Å². The van der Waals surface area contributed by atoms with Crippen molar-refractivity contribution in [3.63, 3.8) is 0 Å². The van der Waals surface area contributed by atoms with E-state index in [9.17, 15) is 8.78 Å². The van der Waals surface area contributed by atoms with Crippen LogP contribution in [0.15, 0.2) is 493 Å². The average molecular weight is 1740 g/mol. The zero-order valence-electron chi connectivity index (χ0n) is 73.4. The van der Waals surface area contributed by atoms with E-state index in [4.69, 9.17) is 0 Å². The summed E-state index contributed by atoms with van der Waals surface area (Å²) in [4.78, 5) is 4.90. The van der Waals surface area contributed by atoms with Crippen LogP contribution in [0.2, 0.25) is 0 Å². The van der Waals surface area contributed by atoms with Crippen molar-refractivity contribution in [2.24, 2.45) is 0 Å². The molecule has 0 N–H and O–H groups in total. The number of benzene rings is 20. The fourth-order valence-corrected chi connectivity index (χ4v) is 26.8. The summed E-state index contributed by atoms with van der Waals surface area (Å²) < 4.78 is 44.8. The van der Waals surface area contributed by atoms with Gasteiger partial charge in [-0.1, -0.05) is 390 Å². The highest BCUT2D eigenvalue weighted by Gasteiger charge is 2.52. The molecule has 134 heavy (non-hydrogen) atoms. The lowest BCUT2D eigenvalue weighted by Crippen LogP contribution is -2.72. The van der Waals surface area contributed by atoms with Crippen molar-refractivity contribution >= 4 is 81.2 Å². The quantitative estimate of drug-likeness (QED) is 0.0662. The number of anilines is 6. The van der Waals surface area contributed by atoms with Crippen molar-refractivity contribution < 1.29 is 13.2 Å². The number of hydrogen-bond donors (Lipinski definition) is 0. The predicted molar refractivity (Wildman–Crippen MR) is 556 cm³/mol. The Morgan fingerprint density at radius 1 is 0.194 bits per heavy atom. The van der Waals surface area contributed by atoms with Gasteiger partial charge in [0.2, 0.25) is 0 Å². The van der Waals surface area contributed by atoms with Crippen molar-refractivity contribution in [3.05, 3.63) is 572 Å². The molecule has 0 amide bonds. The Bertz CT molecular complexity index is 7870. The van der Waals surface area contributed by atoms with Crippen LogP contribution in [-0.2, 0) is 10.8 Å². The summed E-state index contributed by atoms with van der Waals surface area (Å²) in [5, 5.41) is 5.07. The Hall–Kier alpha value is -16.8. The molecule has 2 atom stereocenters. The molecule has 0 spiro atoms. The molecule has 0 aromatic heterocycles. The van der Waals surface area contributed by atoms with E-state index in [-0.39, 0.29) is 17.5 Å². The Morgan fingerprint density at radius 3 is 0.799 bits per heavy atom. The molecule has 2 nitrogen and oxygen atoms in total. The maximum Gasteiger partial charge on any atom is 0.180 e. The Morgan fingerprint density at radius 2 is 0.448 bits per heavy atom. The minimum absolute atomic E-state index is 0.275. The van der Waals surface area contributed by atoms with E-state index >= 15 is 4.39 Å². The highest BCUT2D eigenvalue weighted by atomic mass is 28.3. The van der Waals surface area contributed by atoms with Crippen LogP contribution in [0.3, 0.4) is 0 Å². The molecule has 6 heteroatoms. The summed E-state index contributed by atoms with van der Waals surface area (Å²) in [6.45, 7) is 12.3. The minimum Gasteiger partial charge on any atom is -0.310 e. The lowest BCUT2D eigenvalue weighted by molar-refractivity contribution is 0.625. The molecule has 2 aliphatic carbocycles. The average Bonchev–Trinajstić information content (AvgIpc) is 1.54. The highest BCUT2D eigenvalue weighted by molar-refractivity contribution is 7.22. The lowest BCUT2D eigenvalue weighted by Gasteiger charge is -2.35. The van der Waals surface area contributed by atoms with E-state index in [1.807, 2.05) is 54.6 Å². The van der Waals surface area contributed by atoms with Gasteiger partial charge < -0.3 is 9.80 Å². The van der Waals surface area contributed by atoms with Crippen LogP contribution in [0.5, 0.6) is 0 Å². The van der Waals surface area contributed by atoms with E-state index in [0.29, 0.717) is 0 Å². The number of fused-ring (bicyclic) bond motifs is 9. The second-order valence-electron chi connectivity index (χ2n) is 35.1. The molecule has 634 valence electrons. The molecule has 0 saturated carbocycles. The first-order valence-electron chi connectivity index (χ1n) is 45.5. The molecular formula is C128H87F3N2Si. The Balaban J connectivity index is 0.749. The van der Waals surface area contributed by atoms with Crippen LogP contribution in [-0.4, -0.2) is 8.07 Å². The molecule has 0 saturated heterocycles. The lowest BCUT2D eigenvalue weighted by atomic mass is 9.67. The fraction of sp³-hybridized carbons (Fsp3) is 0.0156. The first-order valence-corrected chi connectivity index (χ1v) is 47.5. The molecule has 2 unspecified atom stereocenters. The molecule has 1 aliphatic heterocycles. The summed E-state index contributed by atoms with van der Waals surface area (Å²) in [5.74, 6) is -0.865. The first kappa shape index (κ1) is 81.7. The van der Waals surface area contributed by atoms with Crippen molar-refractivity contribution in [2.75, 3.05) is 9.80 Å². The maximum absolute atomic E-state index is 15.8. The minimum atomic E-state index is -3.29. The van der Waals surface area contributed by atoms with E-state index in [2.05, 4.69) is 430 Å². The summed E-state index contributed by atoms with van der Waals surface area (Å²) in [6.07, 6.45) is 5.67. The van der Waals surface area contributed by atoms with Gasteiger partial charge in [0.1, 0.15) is 17.5 Å². The van der Waals surface area contributed by atoms with Gasteiger partial charge in [-0.2, -0.15) is 0 Å². The van der Waals surface area contributed by atoms with Crippen LogP contribution in [0, 0.1) is 17.5 Å². The van der Waals surface area contributed by atoms with Crippen molar-refractivity contribution in [2.45, 2.75) is 10.8 Å². The van der Waals surface area contributed by atoms with Gasteiger partial charge in [0, 0.05) is 34.1 Å². The first-order chi connectivity index (χ1) is 65.9. The number of rotatable bonds is 21. The van der Waals surface area contributed by atoms with E-state index in [1.165, 1.54) is 56.1 Å². The van der Waals surface area contributed by atoms with Crippen molar-refractivity contribution in [1.29, 1.82) is 0 Å². The van der Waals surface area contributed by atoms with Crippen LogP contribution < -0.4 is 30.5 Å². The fourth-order valence-electron chi connectivity index (χ4n) is 21.7. The summed E-state index contributed by atoms with van der Waals surface area (Å²) in [7, 11) is -3.29. The third kappa shape index (κ3) is 13.7. The van der Waals surface area contributed by atoms with Crippen molar-refractivity contribution in [1.82, 2.24) is 0 Å². The normalized spacial score (nSPS) is 14.4. The van der Waals surface area contributed by atoms with Crippen LogP contribution in [0.4, 0.5) is 47.3 Å². The van der Waals surface area contributed by atoms with Gasteiger partial charge in [0.05, 0.1) is 10.8 Å². The van der Waals surface area contributed by atoms with Crippen LogP contribution in [0.1, 0.15) is 61.2 Å². The highest BCUT2D eigenvalue weighted by Crippen LogP contribution is 2.60. The van der Waals surface area contributed by atoms with Gasteiger partial charge in [-0.05, 0) is 303 Å². The third-order valence-electron chi connectivity index (χ3n) is 28.1. The summed E-state index contributed by atoms with van der Waals surface area (Å²) in [6, 6.07) is 169. The van der Waals surface area contributed by atoms with E-state index < -0.39 is 18.9 Å². The Labute approximate surface area is 781 Å². The van der Waals surface area contributed by atoms with Crippen molar-refractivity contribution in [3.8, 4) is 100 Å². The maximum atomic E-state index is 15.8. The molecular weight excluding hydrogens is 1650 g/mol. The van der Waals surface area contributed by atoms with E-state index in [1.54, 1.807) is 12.1 Å². The van der Waals surface area contributed by atoms with Gasteiger partial charge in [0.15, 0.2) is 8.07 Å². The monoisotopic (exact) mass is 1740 g/mol. The predicted octanol–water partition coefficient (Wildman–Crippen LogP) is 31.1. The van der Waals surface area contributed by atoms with Crippen LogP contribution >= 0.6 is 0 Å². The van der Waals surface area contributed by atoms with Gasteiger partial charge in [-0.15, -0.1) is 0 Å². The number of nitrogens with zero attached hydrogens (tertiary/aromatic N) is 2. The molecule has 3 aliphatic rings. The SMILES string of the molecule is C=Cc1ccc(-c2ccc(C3(c4ccc(F)cc4)c4ccccc4-c4ccc(N(c5ccc(-c6cccc(-c7ccc(F)cc7)c6)cc5)c5ccc6c(c5)-c5cc(N(c7ccc(-c8cccc(-c9ccc(F)cc9)c8)cc7)c7ccc8c(c7)C(c7ccc(C=C)cc7)(c7ccc(-c9ccc(C=C)cc9)cc7)c7ccccc7-8)ccc5[Si]6(c5ccccc5)c5ccccc5)cc43)cc2)cc1. The summed E-state index contributed by atoms with van der Waals surface area (Å²) in [5.41, 5.74) is 35.0. The zero-order chi connectivity index (χ0) is 90.2. The summed E-state index contributed by atoms with van der Waals surface area (Å²) >= 11 is 0. The van der Waals surface area contributed by atoms with Gasteiger partial charge in [0.25, 0.3) is 0 Å². The third-order valence-corrected chi connectivity index (χ3v) is 32.9.